The van der Waals surface area contributed by atoms with Gasteiger partial charge in [-0.3, -0.25) is 9.59 Å². The molecule has 8 heteroatoms. The molecule has 0 fully saturated rings. The number of methoxy groups -OCH3 is 2. The number of carbonyl (C=O) groups is 2. The number of nitrogens with one attached hydrogen (secondary N) is 2. The van der Waals surface area contributed by atoms with Crippen LogP contribution in [0.1, 0.15) is 10.6 Å². The van der Waals surface area contributed by atoms with Crippen molar-refractivity contribution in [2.75, 3.05) is 31.5 Å². The Bertz CT molecular complexity index is 1280. The van der Waals surface area contributed by atoms with E-state index in [1.54, 1.807) is 79.9 Å². The summed E-state index contributed by atoms with van der Waals surface area (Å²) in [6.45, 7) is -0.251. The fourth-order valence-corrected chi connectivity index (χ4v) is 3.25. The molecule has 3 aromatic carbocycles. The zero-order valence-electron chi connectivity index (χ0n) is 18.1. The highest BCUT2D eigenvalue weighted by atomic mass is 16.5. The minimum atomic E-state index is -0.526. The molecule has 0 bridgehead atoms. The number of amides is 2. The van der Waals surface area contributed by atoms with Crippen LogP contribution < -0.4 is 24.8 Å². The normalized spacial score (nSPS) is 10.5. The highest BCUT2D eigenvalue weighted by Gasteiger charge is 2.23. The number of hydrogen-bond acceptors (Lipinski definition) is 6. The molecule has 4 rings (SSSR count). The lowest BCUT2D eigenvalue weighted by Crippen LogP contribution is -2.22. The lowest BCUT2D eigenvalue weighted by molar-refractivity contribution is -0.118. The molecule has 2 amide bonds. The Morgan fingerprint density at radius 2 is 1.52 bits per heavy atom. The molecule has 0 saturated heterocycles. The number of para-hydroxylation sites is 3. The van der Waals surface area contributed by atoms with Crippen molar-refractivity contribution in [2.45, 2.75) is 0 Å². The molecule has 168 valence electrons. The Labute approximate surface area is 190 Å². The smallest absolute Gasteiger partial charge is 0.293 e. The first-order chi connectivity index (χ1) is 16.1. The average molecular weight is 446 g/mol. The van der Waals surface area contributed by atoms with Gasteiger partial charge in [-0.25, -0.2) is 0 Å². The lowest BCUT2D eigenvalue weighted by atomic mass is 10.2. The number of rotatable bonds is 8. The number of benzene rings is 3. The van der Waals surface area contributed by atoms with Crippen LogP contribution in [0.5, 0.6) is 17.2 Å². The Kier molecular flexibility index (Phi) is 6.45. The van der Waals surface area contributed by atoms with Crippen LogP contribution in [0.15, 0.2) is 77.2 Å². The van der Waals surface area contributed by atoms with Crippen molar-refractivity contribution in [1.82, 2.24) is 0 Å². The fourth-order valence-electron chi connectivity index (χ4n) is 3.25. The van der Waals surface area contributed by atoms with Gasteiger partial charge in [0.1, 0.15) is 28.5 Å². The molecule has 33 heavy (non-hydrogen) atoms. The number of hydrogen-bond donors (Lipinski definition) is 2. The number of anilines is 2. The molecule has 2 N–H and O–H groups in total. The van der Waals surface area contributed by atoms with Gasteiger partial charge in [0.2, 0.25) is 5.76 Å². The minimum Gasteiger partial charge on any atom is -0.497 e. The third-order valence-corrected chi connectivity index (χ3v) is 4.85. The van der Waals surface area contributed by atoms with Gasteiger partial charge in [-0.1, -0.05) is 24.3 Å². The molecule has 0 aliphatic heterocycles. The van der Waals surface area contributed by atoms with Crippen LogP contribution in [0.3, 0.4) is 0 Å². The molecule has 1 aromatic heterocycles. The third-order valence-electron chi connectivity index (χ3n) is 4.85. The van der Waals surface area contributed by atoms with Gasteiger partial charge in [0, 0.05) is 5.39 Å². The second kappa shape index (κ2) is 9.78. The zero-order chi connectivity index (χ0) is 23.2. The molecular weight excluding hydrogens is 424 g/mol. The molecule has 0 unspecified atom stereocenters. The van der Waals surface area contributed by atoms with Crippen LogP contribution >= 0.6 is 0 Å². The van der Waals surface area contributed by atoms with Crippen LogP contribution in [-0.4, -0.2) is 32.6 Å². The second-order valence-corrected chi connectivity index (χ2v) is 6.97. The molecule has 0 atom stereocenters. The lowest BCUT2D eigenvalue weighted by Gasteiger charge is -2.10. The molecule has 0 saturated carbocycles. The Balaban J connectivity index is 1.54. The molecular formula is C25H22N2O6. The predicted molar refractivity (Wildman–Crippen MR) is 124 cm³/mol. The van der Waals surface area contributed by atoms with Gasteiger partial charge in [-0.2, -0.15) is 0 Å². The second-order valence-electron chi connectivity index (χ2n) is 6.97. The summed E-state index contributed by atoms with van der Waals surface area (Å²) < 4.78 is 21.7. The quantitative estimate of drug-likeness (QED) is 0.406. The van der Waals surface area contributed by atoms with Crippen LogP contribution in [-0.2, 0) is 4.79 Å². The highest BCUT2D eigenvalue weighted by molar-refractivity contribution is 6.15. The summed E-state index contributed by atoms with van der Waals surface area (Å²) in [5.74, 6) is 0.700. The Morgan fingerprint density at radius 1 is 0.818 bits per heavy atom. The number of fused-ring (bicyclic) bond motifs is 1. The molecule has 0 aliphatic rings. The first-order valence-corrected chi connectivity index (χ1v) is 10.1. The van der Waals surface area contributed by atoms with Gasteiger partial charge in [0.25, 0.3) is 11.8 Å². The van der Waals surface area contributed by atoms with E-state index in [4.69, 9.17) is 18.6 Å². The summed E-state index contributed by atoms with van der Waals surface area (Å²) in [5.41, 5.74) is 1.21. The summed E-state index contributed by atoms with van der Waals surface area (Å²) in [6.07, 6.45) is 0. The Morgan fingerprint density at radius 3 is 2.27 bits per heavy atom. The molecule has 0 spiro atoms. The van der Waals surface area contributed by atoms with E-state index in [9.17, 15) is 9.59 Å². The van der Waals surface area contributed by atoms with Crippen molar-refractivity contribution in [3.63, 3.8) is 0 Å². The standard InChI is InChI=1S/C25H22N2O6/c1-30-16-11-13-17(14-12-16)32-15-22(28)27-23-18-7-3-5-9-20(18)33-24(23)25(29)26-19-8-4-6-10-21(19)31-2/h3-14H,15H2,1-2H3,(H,26,29)(H,27,28). The van der Waals surface area contributed by atoms with Gasteiger partial charge < -0.3 is 29.3 Å². The molecule has 0 radical (unpaired) electrons. The van der Waals surface area contributed by atoms with Crippen molar-refractivity contribution in [1.29, 1.82) is 0 Å². The van der Waals surface area contributed by atoms with E-state index < -0.39 is 11.8 Å². The molecule has 8 nitrogen and oxygen atoms in total. The van der Waals surface area contributed by atoms with Gasteiger partial charge in [-0.05, 0) is 48.5 Å². The number of carbonyl (C=O) groups excluding carboxylic acids is 2. The fraction of sp³-hybridized carbons (Fsp3) is 0.120. The van der Waals surface area contributed by atoms with Crippen molar-refractivity contribution < 1.29 is 28.2 Å². The number of ether oxygens (including phenoxy) is 3. The summed E-state index contributed by atoms with van der Waals surface area (Å²) in [4.78, 5) is 25.7. The van der Waals surface area contributed by atoms with E-state index in [0.29, 0.717) is 33.9 Å². The van der Waals surface area contributed by atoms with Crippen LogP contribution in [0.2, 0.25) is 0 Å². The third kappa shape index (κ3) is 4.90. The van der Waals surface area contributed by atoms with Crippen molar-refractivity contribution in [3.05, 3.63) is 78.6 Å². The van der Waals surface area contributed by atoms with Gasteiger partial charge in [0.05, 0.1) is 19.9 Å². The Hall–Kier alpha value is -4.46. The van der Waals surface area contributed by atoms with Gasteiger partial charge in [-0.15, -0.1) is 0 Å². The van der Waals surface area contributed by atoms with E-state index in [1.807, 2.05) is 0 Å². The predicted octanol–water partition coefficient (Wildman–Crippen LogP) is 4.72. The van der Waals surface area contributed by atoms with Crippen molar-refractivity contribution in [2.24, 2.45) is 0 Å². The van der Waals surface area contributed by atoms with Crippen molar-refractivity contribution >= 4 is 34.2 Å². The summed E-state index contributed by atoms with van der Waals surface area (Å²) >= 11 is 0. The maximum atomic E-state index is 13.0. The maximum absolute atomic E-state index is 13.0. The van der Waals surface area contributed by atoms with Crippen LogP contribution in [0.4, 0.5) is 11.4 Å². The SMILES string of the molecule is COc1ccc(OCC(=O)Nc2c(C(=O)Nc3ccccc3OC)oc3ccccc23)cc1. The van der Waals surface area contributed by atoms with Gasteiger partial charge >= 0.3 is 0 Å². The highest BCUT2D eigenvalue weighted by Crippen LogP contribution is 2.32. The number of furan rings is 1. The maximum Gasteiger partial charge on any atom is 0.293 e. The topological polar surface area (TPSA) is 99.0 Å². The largest absolute Gasteiger partial charge is 0.497 e. The van der Waals surface area contributed by atoms with E-state index in [2.05, 4.69) is 10.6 Å². The van der Waals surface area contributed by atoms with E-state index in [0.717, 1.165) is 0 Å². The van der Waals surface area contributed by atoms with Crippen LogP contribution in [0, 0.1) is 0 Å². The van der Waals surface area contributed by atoms with Crippen molar-refractivity contribution in [3.8, 4) is 17.2 Å². The first kappa shape index (κ1) is 21.8. The minimum absolute atomic E-state index is 0.0279. The zero-order valence-corrected chi connectivity index (χ0v) is 18.1. The van der Waals surface area contributed by atoms with E-state index >= 15 is 0 Å². The van der Waals surface area contributed by atoms with E-state index in [-0.39, 0.29) is 18.1 Å². The molecule has 4 aromatic rings. The first-order valence-electron chi connectivity index (χ1n) is 10.1. The molecule has 0 aliphatic carbocycles. The average Bonchev–Trinajstić information content (AvgIpc) is 3.22. The monoisotopic (exact) mass is 446 g/mol. The molecule has 1 heterocycles. The summed E-state index contributed by atoms with van der Waals surface area (Å²) in [7, 11) is 3.08. The summed E-state index contributed by atoms with van der Waals surface area (Å²) in [5, 5.41) is 6.11. The van der Waals surface area contributed by atoms with Crippen LogP contribution in [0.25, 0.3) is 11.0 Å². The van der Waals surface area contributed by atoms with Gasteiger partial charge in [0.15, 0.2) is 6.61 Å². The summed E-state index contributed by atoms with van der Waals surface area (Å²) in [6, 6.07) is 20.9. The van der Waals surface area contributed by atoms with E-state index in [1.165, 1.54) is 7.11 Å².